The van der Waals surface area contributed by atoms with Gasteiger partial charge in [0, 0.05) is 38.4 Å². The number of hydrogen-bond acceptors (Lipinski definition) is 6. The van der Waals surface area contributed by atoms with Crippen molar-refractivity contribution in [3.8, 4) is 0 Å². The van der Waals surface area contributed by atoms with Crippen molar-refractivity contribution in [2.75, 3.05) is 42.9 Å². The highest BCUT2D eigenvalue weighted by atomic mass is 19.4. The molecule has 2 heterocycles. The van der Waals surface area contributed by atoms with Gasteiger partial charge in [-0.15, -0.1) is 0 Å². The first-order chi connectivity index (χ1) is 13.7. The van der Waals surface area contributed by atoms with Crippen LogP contribution < -0.4 is 10.2 Å². The summed E-state index contributed by atoms with van der Waals surface area (Å²) in [6, 6.07) is 8.21. The Hall–Kier alpha value is -3.21. The van der Waals surface area contributed by atoms with Gasteiger partial charge in [0.25, 0.3) is 5.69 Å². The average Bonchev–Trinajstić information content (AvgIpc) is 2.68. The minimum Gasteiger partial charge on any atom is -0.354 e. The van der Waals surface area contributed by atoms with E-state index in [-0.39, 0.29) is 23.8 Å². The molecule has 29 heavy (non-hydrogen) atoms. The number of hydrogen-bond donors (Lipinski definition) is 1. The summed E-state index contributed by atoms with van der Waals surface area (Å²) in [6.45, 7) is 2.06. The van der Waals surface area contributed by atoms with Crippen molar-refractivity contribution in [1.82, 2.24) is 9.88 Å². The molecule has 0 unspecified atom stereocenters. The fraction of sp³-hybridized carbons (Fsp3) is 0.333. The molecular formula is C18H18F3N5O3. The standard InChI is InChI=1S/C18H18F3N5O3/c19-18(20,21)13-5-6-16(22-11-13)25-9-7-24(8-10-25)12-17(27)23-14-3-1-2-4-15(14)26(28)29/h1-6,11H,7-10,12H2,(H,23,27). The lowest BCUT2D eigenvalue weighted by Gasteiger charge is -2.35. The molecule has 154 valence electrons. The molecule has 11 heteroatoms. The van der Waals surface area contributed by atoms with E-state index in [4.69, 9.17) is 0 Å². The second kappa shape index (κ2) is 8.43. The number of rotatable bonds is 5. The molecule has 1 amide bonds. The van der Waals surface area contributed by atoms with Crippen molar-refractivity contribution >= 4 is 23.1 Å². The molecule has 1 aliphatic heterocycles. The summed E-state index contributed by atoms with van der Waals surface area (Å²) >= 11 is 0. The minimum absolute atomic E-state index is 0.0559. The van der Waals surface area contributed by atoms with Gasteiger partial charge >= 0.3 is 6.18 Å². The van der Waals surface area contributed by atoms with Crippen LogP contribution in [0.25, 0.3) is 0 Å². The van der Waals surface area contributed by atoms with E-state index in [1.54, 1.807) is 6.07 Å². The van der Waals surface area contributed by atoms with Crippen LogP contribution in [0.5, 0.6) is 0 Å². The molecule has 3 rings (SSSR count). The molecule has 0 bridgehead atoms. The van der Waals surface area contributed by atoms with Crippen molar-refractivity contribution in [2.45, 2.75) is 6.18 Å². The number of nitrogens with one attached hydrogen (secondary N) is 1. The van der Waals surface area contributed by atoms with Crippen molar-refractivity contribution in [1.29, 1.82) is 0 Å². The second-order valence-corrected chi connectivity index (χ2v) is 6.49. The first-order valence-corrected chi connectivity index (χ1v) is 8.78. The molecule has 0 aliphatic carbocycles. The molecule has 1 N–H and O–H groups in total. The Labute approximate surface area is 164 Å². The summed E-state index contributed by atoms with van der Waals surface area (Å²) in [5.74, 6) is 0.0717. The fourth-order valence-electron chi connectivity index (χ4n) is 3.01. The fourth-order valence-corrected chi connectivity index (χ4v) is 3.01. The third kappa shape index (κ3) is 5.19. The third-order valence-electron chi connectivity index (χ3n) is 4.51. The lowest BCUT2D eigenvalue weighted by molar-refractivity contribution is -0.383. The summed E-state index contributed by atoms with van der Waals surface area (Å²) < 4.78 is 37.9. The lowest BCUT2D eigenvalue weighted by Crippen LogP contribution is -2.49. The number of nitro groups is 1. The van der Waals surface area contributed by atoms with E-state index in [1.807, 2.05) is 9.80 Å². The molecule has 8 nitrogen and oxygen atoms in total. The first-order valence-electron chi connectivity index (χ1n) is 8.78. The molecule has 1 fully saturated rings. The Morgan fingerprint density at radius 3 is 2.41 bits per heavy atom. The number of para-hydroxylation sites is 2. The number of nitrogens with zero attached hydrogens (tertiary/aromatic N) is 4. The van der Waals surface area contributed by atoms with Crippen LogP contribution in [0.3, 0.4) is 0 Å². The first kappa shape index (κ1) is 20.5. The van der Waals surface area contributed by atoms with Gasteiger partial charge in [-0.05, 0) is 18.2 Å². The van der Waals surface area contributed by atoms with Crippen LogP contribution in [-0.2, 0) is 11.0 Å². The maximum absolute atomic E-state index is 12.6. The van der Waals surface area contributed by atoms with E-state index in [0.29, 0.717) is 32.0 Å². The van der Waals surface area contributed by atoms with Crippen molar-refractivity contribution in [3.63, 3.8) is 0 Å². The van der Waals surface area contributed by atoms with Crippen LogP contribution in [0.4, 0.5) is 30.4 Å². The second-order valence-electron chi connectivity index (χ2n) is 6.49. The largest absolute Gasteiger partial charge is 0.417 e. The number of carbonyl (C=O) groups excluding carboxylic acids is 1. The number of piperazine rings is 1. The maximum Gasteiger partial charge on any atom is 0.417 e. The molecule has 0 spiro atoms. The van der Waals surface area contributed by atoms with E-state index in [0.717, 1.165) is 12.3 Å². The smallest absolute Gasteiger partial charge is 0.354 e. The number of pyridine rings is 1. The number of carbonyl (C=O) groups is 1. The van der Waals surface area contributed by atoms with E-state index in [9.17, 15) is 28.1 Å². The zero-order chi connectivity index (χ0) is 21.0. The molecule has 1 aliphatic rings. The van der Waals surface area contributed by atoms with Crippen LogP contribution in [-0.4, -0.2) is 53.4 Å². The Morgan fingerprint density at radius 2 is 1.83 bits per heavy atom. The summed E-state index contributed by atoms with van der Waals surface area (Å²) in [6.07, 6.45) is -3.62. The van der Waals surface area contributed by atoms with E-state index in [2.05, 4.69) is 10.3 Å². The van der Waals surface area contributed by atoms with Crippen LogP contribution >= 0.6 is 0 Å². The zero-order valence-electron chi connectivity index (χ0n) is 15.2. The predicted molar refractivity (Wildman–Crippen MR) is 99.6 cm³/mol. The third-order valence-corrected chi connectivity index (χ3v) is 4.51. The van der Waals surface area contributed by atoms with Crippen molar-refractivity contribution in [2.24, 2.45) is 0 Å². The van der Waals surface area contributed by atoms with Gasteiger partial charge in [-0.25, -0.2) is 4.98 Å². The highest BCUT2D eigenvalue weighted by molar-refractivity contribution is 5.94. The van der Waals surface area contributed by atoms with Gasteiger partial charge in [0.15, 0.2) is 0 Å². The Morgan fingerprint density at radius 1 is 1.14 bits per heavy atom. The van der Waals surface area contributed by atoms with Crippen LogP contribution in [0.1, 0.15) is 5.56 Å². The number of nitro benzene ring substituents is 1. The molecule has 1 aromatic carbocycles. The number of aromatic nitrogens is 1. The minimum atomic E-state index is -4.43. The van der Waals surface area contributed by atoms with E-state index in [1.165, 1.54) is 24.3 Å². The molecule has 0 saturated carbocycles. The van der Waals surface area contributed by atoms with Gasteiger partial charge in [-0.3, -0.25) is 19.8 Å². The van der Waals surface area contributed by atoms with Gasteiger partial charge < -0.3 is 10.2 Å². The van der Waals surface area contributed by atoms with Crippen LogP contribution in [0.2, 0.25) is 0 Å². The highest BCUT2D eigenvalue weighted by Crippen LogP contribution is 2.29. The molecule has 2 aromatic rings. The van der Waals surface area contributed by atoms with E-state index >= 15 is 0 Å². The zero-order valence-corrected chi connectivity index (χ0v) is 15.2. The van der Waals surface area contributed by atoms with Crippen LogP contribution in [0.15, 0.2) is 42.6 Å². The summed E-state index contributed by atoms with van der Waals surface area (Å²) in [5.41, 5.74) is -0.847. The average molecular weight is 409 g/mol. The lowest BCUT2D eigenvalue weighted by atomic mass is 10.2. The monoisotopic (exact) mass is 409 g/mol. The van der Waals surface area contributed by atoms with Gasteiger partial charge in [0.1, 0.15) is 11.5 Å². The summed E-state index contributed by atoms with van der Waals surface area (Å²) in [7, 11) is 0. The highest BCUT2D eigenvalue weighted by Gasteiger charge is 2.31. The molecule has 0 atom stereocenters. The number of amides is 1. The number of halogens is 3. The predicted octanol–water partition coefficient (Wildman–Crippen LogP) is 2.77. The Kier molecular flexibility index (Phi) is 5.97. The van der Waals surface area contributed by atoms with Crippen molar-refractivity contribution in [3.05, 3.63) is 58.3 Å². The molecule has 1 aromatic heterocycles. The van der Waals surface area contributed by atoms with Gasteiger partial charge in [-0.1, -0.05) is 12.1 Å². The number of alkyl halides is 3. The molecule has 0 radical (unpaired) electrons. The number of anilines is 2. The SMILES string of the molecule is O=C(CN1CCN(c2ccc(C(F)(F)F)cn2)CC1)Nc1ccccc1[N+](=O)[O-]. The maximum atomic E-state index is 12.6. The Bertz CT molecular complexity index is 881. The van der Waals surface area contributed by atoms with Crippen molar-refractivity contribution < 1.29 is 22.9 Å². The number of benzene rings is 1. The van der Waals surface area contributed by atoms with Gasteiger partial charge in [0.2, 0.25) is 5.91 Å². The normalized spacial score (nSPS) is 15.2. The topological polar surface area (TPSA) is 91.6 Å². The summed E-state index contributed by atoms with van der Waals surface area (Å²) in [4.78, 5) is 30.3. The van der Waals surface area contributed by atoms with Gasteiger partial charge in [0.05, 0.1) is 17.0 Å². The molecular weight excluding hydrogens is 391 g/mol. The van der Waals surface area contributed by atoms with Crippen LogP contribution in [0, 0.1) is 10.1 Å². The summed E-state index contributed by atoms with van der Waals surface area (Å²) in [5, 5.41) is 13.6. The molecule has 1 saturated heterocycles. The Balaban J connectivity index is 1.52. The quantitative estimate of drug-likeness (QED) is 0.603. The van der Waals surface area contributed by atoms with E-state index < -0.39 is 16.7 Å². The van der Waals surface area contributed by atoms with Gasteiger partial charge in [-0.2, -0.15) is 13.2 Å².